The number of hydrogen-bond donors (Lipinski definition) is 3. The third kappa shape index (κ3) is 9.42. The lowest BCUT2D eigenvalue weighted by Gasteiger charge is -2.20. The zero-order valence-electron chi connectivity index (χ0n) is 39.8. The Balaban J connectivity index is 0.000000164. The van der Waals surface area contributed by atoms with E-state index in [2.05, 4.69) is 50.1 Å². The molecule has 1 aliphatic heterocycles. The lowest BCUT2D eigenvalue weighted by Crippen LogP contribution is -2.39. The summed E-state index contributed by atoms with van der Waals surface area (Å²) in [6, 6.07) is 26.0. The maximum Gasteiger partial charge on any atom is 0.253 e. The average Bonchev–Trinajstić information content (AvgIpc) is 4.13. The number of hydrogen-bond acceptors (Lipinski definition) is 10. The molecule has 0 aliphatic carbocycles. The smallest absolute Gasteiger partial charge is 0.253 e. The highest BCUT2D eigenvalue weighted by atomic mass is 19.1. The highest BCUT2D eigenvalue weighted by Gasteiger charge is 2.28. The first-order valence-electron chi connectivity index (χ1n) is 23.2. The minimum atomic E-state index is -0.435. The van der Waals surface area contributed by atoms with Gasteiger partial charge in [-0.15, -0.1) is 0 Å². The summed E-state index contributed by atoms with van der Waals surface area (Å²) < 4.78 is 30.5. The molecule has 1 fully saturated rings. The van der Waals surface area contributed by atoms with Crippen molar-refractivity contribution in [1.82, 2.24) is 59.9 Å². The monoisotopic (exact) mass is 948 g/mol. The predicted molar refractivity (Wildman–Crippen MR) is 274 cm³/mol. The number of benzene rings is 2. The molecule has 11 rings (SSSR count). The van der Waals surface area contributed by atoms with Crippen LogP contribution in [0.15, 0.2) is 135 Å². The first-order chi connectivity index (χ1) is 34.4. The molecule has 0 radical (unpaired) electrons. The summed E-state index contributed by atoms with van der Waals surface area (Å²) in [6.07, 6.45) is 13.8. The molecular weight excluding hydrogens is 899 g/mol. The number of aromatic nitrogens is 8. The Labute approximate surface area is 407 Å². The molecule has 3 N–H and O–H groups in total. The van der Waals surface area contributed by atoms with Gasteiger partial charge in [-0.25, -0.2) is 18.7 Å². The van der Waals surface area contributed by atoms with Crippen LogP contribution in [-0.2, 0) is 0 Å². The highest BCUT2D eigenvalue weighted by Crippen LogP contribution is 2.38. The number of aromatic amines is 2. The number of halogens is 2. The van der Waals surface area contributed by atoms with Crippen LogP contribution in [0.3, 0.4) is 0 Å². The van der Waals surface area contributed by atoms with Gasteiger partial charge in [0.1, 0.15) is 22.9 Å². The third-order valence-electron chi connectivity index (χ3n) is 12.9. The molecule has 9 heterocycles. The zero-order chi connectivity index (χ0) is 49.3. The summed E-state index contributed by atoms with van der Waals surface area (Å²) in [5.74, 6) is -1.01. The average molecular weight is 949 g/mol. The fourth-order valence-electron chi connectivity index (χ4n) is 9.38. The van der Waals surface area contributed by atoms with Crippen LogP contribution in [0.4, 0.5) is 8.78 Å². The van der Waals surface area contributed by atoms with Gasteiger partial charge in [0.25, 0.3) is 11.8 Å². The standard InChI is InChI=1S/C28H25FN6O.C27H25FN6O/c1-34(2)20-9-11-35(16-20)28(36)18-7-5-17(6-8-18)25-22(29)14-32-27-26(25)21-12-23(31-15-24(21)33-27)19-4-3-10-30-13-19;1-16(15-34(2)3)32-27(35)18-8-6-17(7-9-18)24-21(28)13-31-26-25(24)20-11-22(30-14-23(20)33-26)19-5-4-10-29-12-19/h3-8,10,12-15,20H,9,11,16H2,1-2H3,(H,32,33);4-14,16H,15H2,1-3H3,(H,31,33)(H,32,35)/t20-;/m0./s1. The summed E-state index contributed by atoms with van der Waals surface area (Å²) in [5.41, 5.74) is 9.26. The van der Waals surface area contributed by atoms with Gasteiger partial charge >= 0.3 is 0 Å². The molecule has 10 aromatic rings. The highest BCUT2D eigenvalue weighted by molar-refractivity contribution is 6.15. The number of likely N-dealkylation sites (N-methyl/N-ethyl adjacent to an activating group) is 2. The number of likely N-dealkylation sites (tertiary alicyclic amines) is 1. The lowest BCUT2D eigenvalue weighted by atomic mass is 9.99. The molecule has 14 nitrogen and oxygen atoms in total. The molecule has 16 heteroatoms. The van der Waals surface area contributed by atoms with Crippen molar-refractivity contribution in [2.75, 3.05) is 47.8 Å². The van der Waals surface area contributed by atoms with E-state index in [4.69, 9.17) is 0 Å². The van der Waals surface area contributed by atoms with Crippen molar-refractivity contribution in [2.45, 2.75) is 25.4 Å². The minimum absolute atomic E-state index is 0.00304. The molecule has 1 saturated heterocycles. The van der Waals surface area contributed by atoms with Crippen LogP contribution in [0.1, 0.15) is 34.1 Å². The second-order valence-electron chi connectivity index (χ2n) is 18.3. The number of nitrogens with zero attached hydrogens (tertiary/aromatic N) is 9. The van der Waals surface area contributed by atoms with Crippen LogP contribution in [0.25, 0.3) is 88.6 Å². The fourth-order valence-corrected chi connectivity index (χ4v) is 9.38. The van der Waals surface area contributed by atoms with E-state index < -0.39 is 11.6 Å². The van der Waals surface area contributed by atoms with Crippen molar-refractivity contribution >= 4 is 55.7 Å². The normalized spacial score (nSPS) is 14.2. The number of carbonyl (C=O) groups is 2. The Morgan fingerprint density at radius 2 is 1.18 bits per heavy atom. The van der Waals surface area contributed by atoms with E-state index in [1.54, 1.807) is 73.6 Å². The van der Waals surface area contributed by atoms with Crippen LogP contribution in [0.2, 0.25) is 0 Å². The van der Waals surface area contributed by atoms with Crippen LogP contribution in [0, 0.1) is 11.6 Å². The van der Waals surface area contributed by atoms with Gasteiger partial charge in [-0.05, 0) is 113 Å². The topological polar surface area (TPSA) is 165 Å². The summed E-state index contributed by atoms with van der Waals surface area (Å²) >= 11 is 0. The summed E-state index contributed by atoms with van der Waals surface area (Å²) in [4.78, 5) is 64.2. The molecule has 1 aliphatic rings. The Morgan fingerprint density at radius 3 is 1.63 bits per heavy atom. The van der Waals surface area contributed by atoms with E-state index in [9.17, 15) is 9.59 Å². The van der Waals surface area contributed by atoms with Gasteiger partial charge in [0, 0.05) is 111 Å². The molecule has 2 aromatic carbocycles. The van der Waals surface area contributed by atoms with E-state index in [0.717, 1.165) is 70.4 Å². The van der Waals surface area contributed by atoms with E-state index >= 15 is 8.78 Å². The number of carbonyl (C=O) groups excluding carboxylic acids is 2. The second-order valence-corrected chi connectivity index (χ2v) is 18.3. The number of amides is 2. The number of nitrogens with one attached hydrogen (secondary N) is 3. The van der Waals surface area contributed by atoms with E-state index in [0.29, 0.717) is 61.5 Å². The Kier molecular flexibility index (Phi) is 12.8. The molecule has 2 amide bonds. The molecule has 0 saturated carbocycles. The second kappa shape index (κ2) is 19.6. The van der Waals surface area contributed by atoms with Crippen molar-refractivity contribution in [3.63, 3.8) is 0 Å². The van der Waals surface area contributed by atoms with Crippen LogP contribution in [-0.4, -0.2) is 126 Å². The van der Waals surface area contributed by atoms with Crippen LogP contribution in [0.5, 0.6) is 0 Å². The fraction of sp³-hybridized carbons (Fsp3) is 0.200. The Hall–Kier alpha value is -8.34. The number of pyridine rings is 6. The largest absolute Gasteiger partial charge is 0.348 e. The van der Waals surface area contributed by atoms with Gasteiger partial charge in [0.05, 0.1) is 47.2 Å². The van der Waals surface area contributed by atoms with Crippen molar-refractivity contribution < 1.29 is 18.4 Å². The summed E-state index contributed by atoms with van der Waals surface area (Å²) in [6.45, 7) is 4.16. The molecular formula is C55H50F2N12O2. The van der Waals surface area contributed by atoms with Gasteiger partial charge in [0.2, 0.25) is 0 Å². The molecule has 1 unspecified atom stereocenters. The SMILES string of the molecule is CC(CN(C)C)NC(=O)c1ccc(-c2c(F)cnc3[nH]c4cnc(-c5cccnc5)cc4c23)cc1.CN(C)[C@H]1CCN(C(=O)c2ccc(-c3c(F)cnc4[nH]c5cnc(-c6cccnc6)cc5c34)cc2)C1. The zero-order valence-corrected chi connectivity index (χ0v) is 39.8. The van der Waals surface area contributed by atoms with Crippen molar-refractivity contribution in [1.29, 1.82) is 0 Å². The van der Waals surface area contributed by atoms with Gasteiger partial charge < -0.3 is 30.0 Å². The molecule has 2 atom stereocenters. The van der Waals surface area contributed by atoms with E-state index in [1.807, 2.05) is 93.4 Å². The Morgan fingerprint density at radius 1 is 0.676 bits per heavy atom. The van der Waals surface area contributed by atoms with Crippen molar-refractivity contribution in [3.8, 4) is 44.8 Å². The Bertz CT molecular complexity index is 3570. The van der Waals surface area contributed by atoms with E-state index in [-0.39, 0.29) is 17.9 Å². The van der Waals surface area contributed by atoms with Crippen molar-refractivity contribution in [2.24, 2.45) is 0 Å². The first-order valence-corrected chi connectivity index (χ1v) is 23.2. The molecule has 0 bridgehead atoms. The van der Waals surface area contributed by atoms with Gasteiger partial charge in [-0.2, -0.15) is 0 Å². The van der Waals surface area contributed by atoms with Crippen LogP contribution >= 0.6 is 0 Å². The van der Waals surface area contributed by atoms with E-state index in [1.165, 1.54) is 12.4 Å². The summed E-state index contributed by atoms with van der Waals surface area (Å²) in [5, 5.41) is 5.99. The molecule has 0 spiro atoms. The number of fused-ring (bicyclic) bond motifs is 6. The maximum atomic E-state index is 15.3. The van der Waals surface area contributed by atoms with Crippen LogP contribution < -0.4 is 5.32 Å². The predicted octanol–water partition coefficient (Wildman–Crippen LogP) is 9.41. The first kappa shape index (κ1) is 46.4. The number of rotatable bonds is 10. The van der Waals surface area contributed by atoms with Gasteiger partial charge in [-0.3, -0.25) is 29.5 Å². The lowest BCUT2D eigenvalue weighted by molar-refractivity contribution is 0.0782. The summed E-state index contributed by atoms with van der Waals surface area (Å²) in [7, 11) is 8.00. The maximum absolute atomic E-state index is 15.3. The molecule has 71 heavy (non-hydrogen) atoms. The van der Waals surface area contributed by atoms with Gasteiger partial charge in [0.15, 0.2) is 0 Å². The molecule has 356 valence electrons. The van der Waals surface area contributed by atoms with Gasteiger partial charge in [-0.1, -0.05) is 24.3 Å². The van der Waals surface area contributed by atoms with Crippen molar-refractivity contribution in [3.05, 3.63) is 157 Å². The number of H-pyrrole nitrogens is 2. The third-order valence-corrected chi connectivity index (χ3v) is 12.9. The quantitative estimate of drug-likeness (QED) is 0.120. The molecule has 8 aromatic heterocycles. The minimum Gasteiger partial charge on any atom is -0.348 e.